The Kier molecular flexibility index (Phi) is 9.04. The summed E-state index contributed by atoms with van der Waals surface area (Å²) < 4.78 is 52.8. The lowest BCUT2D eigenvalue weighted by Crippen LogP contribution is -2.40. The average molecular weight is 574 g/mol. The molecule has 0 aliphatic carbocycles. The first-order valence-electron chi connectivity index (χ1n) is 12.0. The third-order valence-electron chi connectivity index (χ3n) is 5.82. The smallest absolute Gasteiger partial charge is 0.340 e. The average Bonchev–Trinajstić information content (AvgIpc) is 3.52. The topological polar surface area (TPSA) is 163 Å². The molecule has 0 unspecified atom stereocenters. The fraction of sp³-hybridized carbons (Fsp3) is 0.269. The number of morpholine rings is 1. The van der Waals surface area contributed by atoms with Gasteiger partial charge in [-0.3, -0.25) is 9.59 Å². The Labute approximate surface area is 230 Å². The van der Waals surface area contributed by atoms with E-state index in [1.807, 2.05) is 0 Å². The Morgan fingerprint density at radius 2 is 1.62 bits per heavy atom. The van der Waals surface area contributed by atoms with Crippen molar-refractivity contribution in [1.82, 2.24) is 4.31 Å². The number of rotatable bonds is 10. The van der Waals surface area contributed by atoms with Gasteiger partial charge >= 0.3 is 5.97 Å². The van der Waals surface area contributed by atoms with Gasteiger partial charge in [0.2, 0.25) is 10.0 Å². The number of benzene rings is 2. The Morgan fingerprint density at radius 3 is 2.25 bits per heavy atom. The molecule has 1 aromatic heterocycles. The fourth-order valence-corrected chi connectivity index (χ4v) is 5.20. The summed E-state index contributed by atoms with van der Waals surface area (Å²) in [5, 5.41) is 5.10. The molecule has 2 amide bonds. The number of anilines is 2. The Morgan fingerprint density at radius 1 is 0.950 bits per heavy atom. The van der Waals surface area contributed by atoms with Gasteiger partial charge in [0.05, 0.1) is 49.8 Å². The maximum absolute atomic E-state index is 12.9. The molecule has 2 N–H and O–H groups in total. The van der Waals surface area contributed by atoms with Crippen molar-refractivity contribution in [3.63, 3.8) is 0 Å². The first kappa shape index (κ1) is 28.6. The Balaban J connectivity index is 1.41. The molecule has 1 fully saturated rings. The lowest BCUT2D eigenvalue weighted by atomic mass is 10.1. The van der Waals surface area contributed by atoms with Gasteiger partial charge in [-0.05, 0) is 36.4 Å². The second kappa shape index (κ2) is 12.6. The highest BCUT2D eigenvalue weighted by atomic mass is 32.2. The minimum absolute atomic E-state index is 0.0113. The van der Waals surface area contributed by atoms with E-state index in [4.69, 9.17) is 23.4 Å². The molecule has 3 aromatic rings. The van der Waals surface area contributed by atoms with Crippen molar-refractivity contribution in [1.29, 1.82) is 0 Å². The number of ether oxygens (including phenoxy) is 4. The van der Waals surface area contributed by atoms with Crippen LogP contribution in [0.25, 0.3) is 0 Å². The van der Waals surface area contributed by atoms with Gasteiger partial charge in [0, 0.05) is 30.9 Å². The van der Waals surface area contributed by atoms with Crippen LogP contribution in [0.3, 0.4) is 0 Å². The number of furan rings is 1. The summed E-state index contributed by atoms with van der Waals surface area (Å²) in [7, 11) is -0.915. The molecule has 1 aliphatic heterocycles. The normalized spacial score (nSPS) is 13.8. The molecule has 2 aromatic carbocycles. The van der Waals surface area contributed by atoms with Crippen LogP contribution in [0.2, 0.25) is 0 Å². The zero-order chi connectivity index (χ0) is 28.7. The number of esters is 1. The molecule has 14 heteroatoms. The fourth-order valence-electron chi connectivity index (χ4n) is 3.80. The van der Waals surface area contributed by atoms with Crippen molar-refractivity contribution in [3.05, 3.63) is 66.1 Å². The standard InChI is InChI=1S/C26H27N3O10S/c1-35-22-14-19(20(15-23(22)36-2)28-25(31)21-4-3-11-38-21)26(32)39-16-24(30)27-17-5-7-18(8-6-17)40(33,34)29-9-12-37-13-10-29/h3-8,11,14-15H,9-10,12-13,16H2,1-2H3,(H,27,30)(H,28,31). The van der Waals surface area contributed by atoms with Gasteiger partial charge in [0.15, 0.2) is 23.9 Å². The molecule has 0 saturated carbocycles. The van der Waals surface area contributed by atoms with Gasteiger partial charge in [-0.2, -0.15) is 4.31 Å². The van der Waals surface area contributed by atoms with Gasteiger partial charge in [-0.1, -0.05) is 0 Å². The van der Waals surface area contributed by atoms with Crippen molar-refractivity contribution in [2.75, 3.05) is 57.8 Å². The van der Waals surface area contributed by atoms with Crippen LogP contribution >= 0.6 is 0 Å². The number of carbonyl (C=O) groups is 3. The Hall–Kier alpha value is -4.40. The van der Waals surface area contributed by atoms with Crippen LogP contribution in [0.1, 0.15) is 20.9 Å². The first-order chi connectivity index (χ1) is 19.2. The zero-order valence-electron chi connectivity index (χ0n) is 21.7. The minimum Gasteiger partial charge on any atom is -0.493 e. The summed E-state index contributed by atoms with van der Waals surface area (Å²) in [5.74, 6) is -1.76. The molecule has 40 heavy (non-hydrogen) atoms. The van der Waals surface area contributed by atoms with Crippen molar-refractivity contribution in [3.8, 4) is 11.5 Å². The predicted molar refractivity (Wildman–Crippen MR) is 141 cm³/mol. The third kappa shape index (κ3) is 6.59. The number of amides is 2. The van der Waals surface area contributed by atoms with Crippen molar-refractivity contribution in [2.24, 2.45) is 0 Å². The number of methoxy groups -OCH3 is 2. The van der Waals surface area contributed by atoms with E-state index in [0.29, 0.717) is 18.9 Å². The first-order valence-corrected chi connectivity index (χ1v) is 13.4. The van der Waals surface area contributed by atoms with E-state index in [2.05, 4.69) is 10.6 Å². The predicted octanol–water partition coefficient (Wildman–Crippen LogP) is 2.37. The third-order valence-corrected chi connectivity index (χ3v) is 7.73. The van der Waals surface area contributed by atoms with Crippen LogP contribution < -0.4 is 20.1 Å². The monoisotopic (exact) mass is 573 g/mol. The van der Waals surface area contributed by atoms with Crippen LogP contribution in [0.15, 0.2) is 64.1 Å². The molecular weight excluding hydrogens is 546 g/mol. The van der Waals surface area contributed by atoms with Gasteiger partial charge in [-0.25, -0.2) is 13.2 Å². The van der Waals surface area contributed by atoms with Gasteiger partial charge in [0.1, 0.15) is 0 Å². The summed E-state index contributed by atoms with van der Waals surface area (Å²) in [6.45, 7) is 0.522. The van der Waals surface area contributed by atoms with Crippen LogP contribution in [0, 0.1) is 0 Å². The lowest BCUT2D eigenvalue weighted by molar-refractivity contribution is -0.119. The van der Waals surface area contributed by atoms with E-state index in [1.54, 1.807) is 0 Å². The highest BCUT2D eigenvalue weighted by Crippen LogP contribution is 2.34. The van der Waals surface area contributed by atoms with Crippen molar-refractivity contribution in [2.45, 2.75) is 4.90 Å². The number of nitrogens with one attached hydrogen (secondary N) is 2. The number of sulfonamides is 1. The van der Waals surface area contributed by atoms with Crippen LogP contribution in [0.5, 0.6) is 11.5 Å². The van der Waals surface area contributed by atoms with Gasteiger partial charge in [-0.15, -0.1) is 0 Å². The maximum atomic E-state index is 12.9. The molecule has 1 saturated heterocycles. The maximum Gasteiger partial charge on any atom is 0.340 e. The molecule has 0 spiro atoms. The van der Waals surface area contributed by atoms with E-state index < -0.39 is 34.4 Å². The largest absolute Gasteiger partial charge is 0.493 e. The van der Waals surface area contributed by atoms with Crippen LogP contribution in [-0.2, 0) is 24.3 Å². The van der Waals surface area contributed by atoms with Gasteiger partial charge < -0.3 is 34.0 Å². The summed E-state index contributed by atoms with van der Waals surface area (Å²) in [4.78, 5) is 38.0. The summed E-state index contributed by atoms with van der Waals surface area (Å²) in [6, 6.07) is 11.3. The molecule has 0 radical (unpaired) electrons. The van der Waals surface area contributed by atoms with Crippen LogP contribution in [-0.4, -0.2) is 77.6 Å². The van der Waals surface area contributed by atoms with Crippen molar-refractivity contribution >= 4 is 39.2 Å². The molecule has 0 bridgehead atoms. The molecule has 212 valence electrons. The second-order valence-electron chi connectivity index (χ2n) is 8.35. The Bertz CT molecular complexity index is 1470. The molecule has 4 rings (SSSR count). The molecule has 0 atom stereocenters. The van der Waals surface area contributed by atoms with Crippen molar-refractivity contribution < 1.29 is 46.2 Å². The van der Waals surface area contributed by atoms with Gasteiger partial charge in [0.25, 0.3) is 11.8 Å². The number of carbonyl (C=O) groups excluding carboxylic acids is 3. The van der Waals surface area contributed by atoms with Crippen LogP contribution in [0.4, 0.5) is 11.4 Å². The number of hydrogen-bond donors (Lipinski definition) is 2. The van der Waals surface area contributed by atoms with E-state index in [9.17, 15) is 22.8 Å². The quantitative estimate of drug-likeness (QED) is 0.344. The van der Waals surface area contributed by atoms with E-state index >= 15 is 0 Å². The van der Waals surface area contributed by atoms with E-state index in [-0.39, 0.29) is 46.5 Å². The minimum atomic E-state index is -3.68. The lowest BCUT2D eigenvalue weighted by Gasteiger charge is -2.26. The number of hydrogen-bond acceptors (Lipinski definition) is 10. The SMILES string of the molecule is COc1cc(NC(=O)c2ccco2)c(C(=O)OCC(=O)Nc2ccc(S(=O)(=O)N3CCOCC3)cc2)cc1OC. The van der Waals surface area contributed by atoms with E-state index in [0.717, 1.165) is 0 Å². The molecule has 2 heterocycles. The summed E-state index contributed by atoms with van der Waals surface area (Å²) in [6.07, 6.45) is 1.33. The number of nitrogens with zero attached hydrogens (tertiary/aromatic N) is 1. The summed E-state index contributed by atoms with van der Waals surface area (Å²) >= 11 is 0. The summed E-state index contributed by atoms with van der Waals surface area (Å²) in [5.41, 5.74) is 0.254. The highest BCUT2D eigenvalue weighted by molar-refractivity contribution is 7.89. The highest BCUT2D eigenvalue weighted by Gasteiger charge is 2.26. The zero-order valence-corrected chi connectivity index (χ0v) is 22.5. The molecule has 1 aliphatic rings. The second-order valence-corrected chi connectivity index (χ2v) is 10.3. The van der Waals surface area contributed by atoms with E-state index in [1.165, 1.54) is 73.3 Å². The molecular formula is C26H27N3O10S. The molecule has 13 nitrogen and oxygen atoms in total.